The highest BCUT2D eigenvalue weighted by molar-refractivity contribution is 5.98. The van der Waals surface area contributed by atoms with E-state index in [1.54, 1.807) is 6.08 Å². The zero-order valence-electron chi connectivity index (χ0n) is 12.1. The monoisotopic (exact) mass is 276 g/mol. The second-order valence-corrected chi connectivity index (χ2v) is 5.18. The predicted octanol–water partition coefficient (Wildman–Crippen LogP) is 4.40. The Morgan fingerprint density at radius 1 is 1.05 bits per heavy atom. The average Bonchev–Trinajstić information content (AvgIpc) is 2.47. The summed E-state index contributed by atoms with van der Waals surface area (Å²) in [6.07, 6.45) is 3.61. The third kappa shape index (κ3) is 2.79. The van der Waals surface area contributed by atoms with Crippen molar-refractivity contribution in [3.05, 3.63) is 77.1 Å². The molecule has 0 saturated heterocycles. The van der Waals surface area contributed by atoms with Crippen molar-refractivity contribution in [3.8, 4) is 5.75 Å². The molecule has 1 heterocycles. The Morgan fingerprint density at radius 3 is 2.48 bits per heavy atom. The summed E-state index contributed by atoms with van der Waals surface area (Å²) in [5.74, 6) is 1.35. The van der Waals surface area contributed by atoms with Gasteiger partial charge in [-0.2, -0.15) is 0 Å². The maximum atomic E-state index is 11.5. The number of allylic oxidation sites excluding steroid dienone is 2. The van der Waals surface area contributed by atoms with Crippen LogP contribution in [0.15, 0.2) is 60.4 Å². The molecule has 0 amide bonds. The van der Waals surface area contributed by atoms with Gasteiger partial charge in [-0.05, 0) is 31.6 Å². The first-order valence-corrected chi connectivity index (χ1v) is 6.92. The number of para-hydroxylation sites is 1. The molecule has 2 aromatic carbocycles. The van der Waals surface area contributed by atoms with Crippen LogP contribution in [0.3, 0.4) is 0 Å². The van der Waals surface area contributed by atoms with Crippen LogP contribution in [-0.4, -0.2) is 5.78 Å². The first-order chi connectivity index (χ1) is 10.1. The minimum atomic E-state index is -0.0256. The lowest BCUT2D eigenvalue weighted by molar-refractivity contribution is -0.112. The van der Waals surface area contributed by atoms with Crippen LogP contribution in [0, 0.1) is 6.92 Å². The standard InChI is InChI=1S/C19H16O2/c1-13-7-9-15(10-8-13)17-12-16-5-3-4-6-18(16)21-19(17)11-14(2)20/h3-12H,1-2H3/b19-11-. The largest absolute Gasteiger partial charge is 0.456 e. The molecule has 0 N–H and O–H groups in total. The zero-order valence-corrected chi connectivity index (χ0v) is 12.1. The van der Waals surface area contributed by atoms with Crippen LogP contribution in [0.1, 0.15) is 23.6 Å². The molecule has 104 valence electrons. The van der Waals surface area contributed by atoms with Crippen molar-refractivity contribution in [1.29, 1.82) is 0 Å². The van der Waals surface area contributed by atoms with Crippen molar-refractivity contribution >= 4 is 17.4 Å². The Balaban J connectivity index is 2.15. The van der Waals surface area contributed by atoms with Crippen LogP contribution in [0.5, 0.6) is 5.75 Å². The molecule has 0 unspecified atom stereocenters. The first kappa shape index (κ1) is 13.4. The Labute approximate surface area is 124 Å². The van der Waals surface area contributed by atoms with Crippen LogP contribution >= 0.6 is 0 Å². The van der Waals surface area contributed by atoms with Crippen molar-refractivity contribution in [3.63, 3.8) is 0 Å². The van der Waals surface area contributed by atoms with Crippen molar-refractivity contribution in [2.24, 2.45) is 0 Å². The van der Waals surface area contributed by atoms with Gasteiger partial charge in [0.05, 0.1) is 0 Å². The number of carbonyl (C=O) groups is 1. The molecule has 2 nitrogen and oxygen atoms in total. The molecular formula is C19H16O2. The molecule has 1 aliphatic rings. The van der Waals surface area contributed by atoms with Crippen molar-refractivity contribution in [2.75, 3.05) is 0 Å². The van der Waals surface area contributed by atoms with Gasteiger partial charge < -0.3 is 4.74 Å². The average molecular weight is 276 g/mol. The number of hydrogen-bond donors (Lipinski definition) is 0. The van der Waals surface area contributed by atoms with Gasteiger partial charge in [-0.15, -0.1) is 0 Å². The van der Waals surface area contributed by atoms with E-state index in [-0.39, 0.29) is 5.78 Å². The lowest BCUT2D eigenvalue weighted by Crippen LogP contribution is -2.06. The van der Waals surface area contributed by atoms with E-state index in [0.29, 0.717) is 5.76 Å². The molecule has 0 radical (unpaired) electrons. The van der Waals surface area contributed by atoms with Gasteiger partial charge in [-0.1, -0.05) is 48.0 Å². The van der Waals surface area contributed by atoms with Crippen LogP contribution in [0.2, 0.25) is 0 Å². The molecule has 0 aromatic heterocycles. The van der Waals surface area contributed by atoms with E-state index in [4.69, 9.17) is 4.74 Å². The van der Waals surface area contributed by atoms with E-state index in [2.05, 4.69) is 25.1 Å². The molecule has 0 fully saturated rings. The van der Waals surface area contributed by atoms with Crippen molar-refractivity contribution < 1.29 is 9.53 Å². The topological polar surface area (TPSA) is 26.3 Å². The molecule has 3 rings (SSSR count). The Hall–Kier alpha value is -2.61. The number of hydrogen-bond acceptors (Lipinski definition) is 2. The molecule has 2 aromatic rings. The zero-order chi connectivity index (χ0) is 14.8. The molecule has 21 heavy (non-hydrogen) atoms. The van der Waals surface area contributed by atoms with Crippen molar-refractivity contribution in [1.82, 2.24) is 0 Å². The third-order valence-electron chi connectivity index (χ3n) is 3.40. The minimum Gasteiger partial charge on any atom is -0.456 e. The Bertz CT molecular complexity index is 749. The van der Waals surface area contributed by atoms with Gasteiger partial charge in [-0.3, -0.25) is 4.79 Å². The fourth-order valence-electron chi connectivity index (χ4n) is 2.34. The SMILES string of the molecule is CC(=O)/C=C1\Oc2ccccc2C=C1c1ccc(C)cc1. The van der Waals surface area contributed by atoms with E-state index < -0.39 is 0 Å². The van der Waals surface area contributed by atoms with Crippen LogP contribution < -0.4 is 4.74 Å². The maximum Gasteiger partial charge on any atom is 0.156 e. The fraction of sp³-hybridized carbons (Fsp3) is 0.105. The second-order valence-electron chi connectivity index (χ2n) is 5.18. The third-order valence-corrected chi connectivity index (χ3v) is 3.40. The van der Waals surface area contributed by atoms with Gasteiger partial charge in [0.2, 0.25) is 0 Å². The summed E-state index contributed by atoms with van der Waals surface area (Å²) >= 11 is 0. The molecule has 1 aliphatic heterocycles. The highest BCUT2D eigenvalue weighted by atomic mass is 16.5. The summed E-state index contributed by atoms with van der Waals surface area (Å²) in [6, 6.07) is 16.0. The van der Waals surface area contributed by atoms with Crippen LogP contribution in [-0.2, 0) is 4.79 Å². The van der Waals surface area contributed by atoms with Gasteiger partial charge in [0, 0.05) is 17.2 Å². The minimum absolute atomic E-state index is 0.0256. The van der Waals surface area contributed by atoms with Crippen LogP contribution in [0.25, 0.3) is 11.6 Å². The van der Waals surface area contributed by atoms with E-state index >= 15 is 0 Å². The summed E-state index contributed by atoms with van der Waals surface area (Å²) in [5, 5.41) is 0. The number of rotatable bonds is 2. The Kier molecular flexibility index (Phi) is 3.44. The molecule has 2 heteroatoms. The van der Waals surface area contributed by atoms with Crippen LogP contribution in [0.4, 0.5) is 0 Å². The van der Waals surface area contributed by atoms with Crippen molar-refractivity contribution in [2.45, 2.75) is 13.8 Å². The lowest BCUT2D eigenvalue weighted by Gasteiger charge is -2.20. The molecule has 0 spiro atoms. The van der Waals surface area contributed by atoms with Gasteiger partial charge in [0.25, 0.3) is 0 Å². The normalized spacial score (nSPS) is 15.1. The summed E-state index contributed by atoms with van der Waals surface area (Å²) in [4.78, 5) is 11.5. The molecule has 0 bridgehead atoms. The first-order valence-electron chi connectivity index (χ1n) is 6.92. The smallest absolute Gasteiger partial charge is 0.156 e. The van der Waals surface area contributed by atoms with Gasteiger partial charge in [0.1, 0.15) is 11.5 Å². The summed E-state index contributed by atoms with van der Waals surface area (Å²) in [5.41, 5.74) is 4.20. The number of carbonyl (C=O) groups excluding carboxylic acids is 1. The van der Waals surface area contributed by atoms with E-state index in [1.165, 1.54) is 12.5 Å². The quantitative estimate of drug-likeness (QED) is 0.760. The number of benzene rings is 2. The highest BCUT2D eigenvalue weighted by Crippen LogP contribution is 2.36. The summed E-state index contributed by atoms with van der Waals surface area (Å²) in [6.45, 7) is 3.58. The van der Waals surface area contributed by atoms with Gasteiger partial charge in [0.15, 0.2) is 5.78 Å². The van der Waals surface area contributed by atoms with E-state index in [1.807, 2.05) is 36.4 Å². The second kappa shape index (κ2) is 5.41. The van der Waals surface area contributed by atoms with Gasteiger partial charge >= 0.3 is 0 Å². The number of aryl methyl sites for hydroxylation is 1. The number of ether oxygens (including phenoxy) is 1. The van der Waals surface area contributed by atoms with E-state index in [0.717, 1.165) is 22.4 Å². The van der Waals surface area contributed by atoms with E-state index in [9.17, 15) is 4.79 Å². The maximum absolute atomic E-state index is 11.5. The fourth-order valence-corrected chi connectivity index (χ4v) is 2.34. The molecule has 0 saturated carbocycles. The molecule has 0 aliphatic carbocycles. The molecule has 0 atom stereocenters. The molecular weight excluding hydrogens is 260 g/mol. The predicted molar refractivity (Wildman–Crippen MR) is 84.9 cm³/mol. The summed E-state index contributed by atoms with van der Waals surface area (Å²) in [7, 11) is 0. The number of fused-ring (bicyclic) bond motifs is 1. The highest BCUT2D eigenvalue weighted by Gasteiger charge is 2.18. The summed E-state index contributed by atoms with van der Waals surface area (Å²) < 4.78 is 5.91. The Morgan fingerprint density at radius 2 is 1.76 bits per heavy atom. The van der Waals surface area contributed by atoms with Gasteiger partial charge in [-0.25, -0.2) is 0 Å². The number of ketones is 1. The lowest BCUT2D eigenvalue weighted by atomic mass is 9.97.